The van der Waals surface area contributed by atoms with E-state index in [9.17, 15) is 4.79 Å². The SMILES string of the molecule is CC(NC(=O)CCc1nc2ccccc2s1)c1cccc(Br)c1. The molecule has 1 N–H and O–H groups in total. The Morgan fingerprint density at radius 2 is 2.09 bits per heavy atom. The molecule has 0 radical (unpaired) electrons. The molecule has 0 saturated carbocycles. The van der Waals surface area contributed by atoms with Crippen molar-refractivity contribution in [3.63, 3.8) is 0 Å². The summed E-state index contributed by atoms with van der Waals surface area (Å²) in [5.41, 5.74) is 2.10. The summed E-state index contributed by atoms with van der Waals surface area (Å²) in [6, 6.07) is 16.1. The van der Waals surface area contributed by atoms with Crippen molar-refractivity contribution >= 4 is 43.4 Å². The van der Waals surface area contributed by atoms with Gasteiger partial charge in [-0.15, -0.1) is 11.3 Å². The zero-order valence-electron chi connectivity index (χ0n) is 12.8. The Labute approximate surface area is 147 Å². The van der Waals surface area contributed by atoms with E-state index in [-0.39, 0.29) is 11.9 Å². The Kier molecular flexibility index (Phi) is 5.08. The molecule has 1 atom stereocenters. The van der Waals surface area contributed by atoms with E-state index in [1.165, 1.54) is 4.70 Å². The number of benzene rings is 2. The quantitative estimate of drug-likeness (QED) is 0.677. The van der Waals surface area contributed by atoms with E-state index in [0.717, 1.165) is 20.6 Å². The number of rotatable bonds is 5. The molecule has 0 aliphatic rings. The number of thiazole rings is 1. The predicted octanol–water partition coefficient (Wildman–Crippen LogP) is 4.87. The molecule has 5 heteroatoms. The molecule has 0 fully saturated rings. The first-order valence-corrected chi connectivity index (χ1v) is 9.12. The maximum atomic E-state index is 12.2. The van der Waals surface area contributed by atoms with Crippen molar-refractivity contribution in [3.8, 4) is 0 Å². The van der Waals surface area contributed by atoms with E-state index in [1.807, 2.05) is 49.4 Å². The summed E-state index contributed by atoms with van der Waals surface area (Å²) in [6.45, 7) is 2.00. The van der Waals surface area contributed by atoms with Crippen molar-refractivity contribution < 1.29 is 4.79 Å². The number of fused-ring (bicyclic) bond motifs is 1. The second kappa shape index (κ2) is 7.23. The van der Waals surface area contributed by atoms with Crippen LogP contribution in [0.4, 0.5) is 0 Å². The largest absolute Gasteiger partial charge is 0.350 e. The van der Waals surface area contributed by atoms with E-state index < -0.39 is 0 Å². The lowest BCUT2D eigenvalue weighted by Gasteiger charge is -2.14. The van der Waals surface area contributed by atoms with Crippen LogP contribution in [0.3, 0.4) is 0 Å². The van der Waals surface area contributed by atoms with Crippen LogP contribution in [0, 0.1) is 0 Å². The zero-order chi connectivity index (χ0) is 16.2. The van der Waals surface area contributed by atoms with Crippen LogP contribution in [-0.2, 0) is 11.2 Å². The monoisotopic (exact) mass is 388 g/mol. The molecule has 1 unspecified atom stereocenters. The lowest BCUT2D eigenvalue weighted by atomic mass is 10.1. The number of carbonyl (C=O) groups is 1. The van der Waals surface area contributed by atoms with Gasteiger partial charge in [0.15, 0.2) is 0 Å². The number of hydrogen-bond acceptors (Lipinski definition) is 3. The molecule has 3 aromatic rings. The molecule has 0 saturated heterocycles. The molecule has 0 aliphatic heterocycles. The van der Waals surface area contributed by atoms with Gasteiger partial charge in [0.1, 0.15) is 0 Å². The molecule has 1 aromatic heterocycles. The Morgan fingerprint density at radius 1 is 1.26 bits per heavy atom. The summed E-state index contributed by atoms with van der Waals surface area (Å²) in [6.07, 6.45) is 1.13. The van der Waals surface area contributed by atoms with Crippen LogP contribution in [-0.4, -0.2) is 10.9 Å². The van der Waals surface area contributed by atoms with Gasteiger partial charge in [-0.2, -0.15) is 0 Å². The van der Waals surface area contributed by atoms with Gasteiger partial charge in [0, 0.05) is 17.3 Å². The molecule has 3 nitrogen and oxygen atoms in total. The maximum absolute atomic E-state index is 12.2. The first kappa shape index (κ1) is 16.1. The maximum Gasteiger partial charge on any atom is 0.220 e. The fourth-order valence-corrected chi connectivity index (χ4v) is 3.80. The summed E-state index contributed by atoms with van der Waals surface area (Å²) in [4.78, 5) is 16.7. The van der Waals surface area contributed by atoms with Crippen molar-refractivity contribution in [1.29, 1.82) is 0 Å². The summed E-state index contributed by atoms with van der Waals surface area (Å²) in [5.74, 6) is 0.0525. The third-order valence-electron chi connectivity index (χ3n) is 3.63. The minimum Gasteiger partial charge on any atom is -0.350 e. The minimum atomic E-state index is -0.00429. The first-order valence-electron chi connectivity index (χ1n) is 7.51. The summed E-state index contributed by atoms with van der Waals surface area (Å²) < 4.78 is 2.19. The lowest BCUT2D eigenvalue weighted by molar-refractivity contribution is -0.121. The molecule has 3 rings (SSSR count). The fourth-order valence-electron chi connectivity index (χ4n) is 2.42. The Bertz CT molecular complexity index is 798. The van der Waals surface area contributed by atoms with Crippen LogP contribution in [0.2, 0.25) is 0 Å². The van der Waals surface area contributed by atoms with Gasteiger partial charge in [0.2, 0.25) is 5.91 Å². The van der Waals surface area contributed by atoms with Gasteiger partial charge in [0.05, 0.1) is 21.3 Å². The van der Waals surface area contributed by atoms with Crippen molar-refractivity contribution in [2.45, 2.75) is 25.8 Å². The topological polar surface area (TPSA) is 42.0 Å². The van der Waals surface area contributed by atoms with Gasteiger partial charge in [-0.3, -0.25) is 4.79 Å². The van der Waals surface area contributed by atoms with Gasteiger partial charge in [0.25, 0.3) is 0 Å². The lowest BCUT2D eigenvalue weighted by Crippen LogP contribution is -2.26. The first-order chi connectivity index (χ1) is 11.1. The molecule has 0 bridgehead atoms. The number of para-hydroxylation sites is 1. The highest BCUT2D eigenvalue weighted by Gasteiger charge is 2.11. The average Bonchev–Trinajstić information content (AvgIpc) is 2.96. The van der Waals surface area contributed by atoms with E-state index in [4.69, 9.17) is 0 Å². The van der Waals surface area contributed by atoms with E-state index >= 15 is 0 Å². The number of nitrogens with zero attached hydrogens (tertiary/aromatic N) is 1. The zero-order valence-corrected chi connectivity index (χ0v) is 15.2. The molecule has 2 aromatic carbocycles. The van der Waals surface area contributed by atoms with Crippen LogP contribution in [0.25, 0.3) is 10.2 Å². The molecule has 118 valence electrons. The van der Waals surface area contributed by atoms with Gasteiger partial charge in [-0.1, -0.05) is 40.2 Å². The highest BCUT2D eigenvalue weighted by atomic mass is 79.9. The number of nitrogens with one attached hydrogen (secondary N) is 1. The van der Waals surface area contributed by atoms with Crippen molar-refractivity contribution in [2.75, 3.05) is 0 Å². The van der Waals surface area contributed by atoms with Gasteiger partial charge < -0.3 is 5.32 Å². The van der Waals surface area contributed by atoms with Gasteiger partial charge in [-0.25, -0.2) is 4.98 Å². The second-order valence-electron chi connectivity index (χ2n) is 5.42. The molecular weight excluding hydrogens is 372 g/mol. The number of carbonyl (C=O) groups excluding carboxylic acids is 1. The predicted molar refractivity (Wildman–Crippen MR) is 98.6 cm³/mol. The summed E-state index contributed by atoms with van der Waals surface area (Å²) >= 11 is 5.11. The van der Waals surface area contributed by atoms with Crippen LogP contribution >= 0.6 is 27.3 Å². The molecule has 0 aliphatic carbocycles. The molecular formula is C18H17BrN2OS. The second-order valence-corrected chi connectivity index (χ2v) is 7.45. The third kappa shape index (κ3) is 4.18. The number of hydrogen-bond donors (Lipinski definition) is 1. The normalized spacial score (nSPS) is 12.3. The van der Waals surface area contributed by atoms with Crippen molar-refractivity contribution in [2.24, 2.45) is 0 Å². The third-order valence-corrected chi connectivity index (χ3v) is 5.22. The summed E-state index contributed by atoms with van der Waals surface area (Å²) in [7, 11) is 0. The molecule has 1 heterocycles. The van der Waals surface area contributed by atoms with Gasteiger partial charge >= 0.3 is 0 Å². The number of amides is 1. The van der Waals surface area contributed by atoms with Crippen LogP contribution in [0.5, 0.6) is 0 Å². The van der Waals surface area contributed by atoms with Crippen molar-refractivity contribution in [1.82, 2.24) is 10.3 Å². The van der Waals surface area contributed by atoms with E-state index in [2.05, 4.69) is 32.3 Å². The smallest absolute Gasteiger partial charge is 0.220 e. The Morgan fingerprint density at radius 3 is 2.87 bits per heavy atom. The molecule has 1 amide bonds. The number of halogens is 1. The highest BCUT2D eigenvalue weighted by Crippen LogP contribution is 2.22. The number of aryl methyl sites for hydroxylation is 1. The van der Waals surface area contributed by atoms with Crippen LogP contribution < -0.4 is 5.32 Å². The average molecular weight is 389 g/mol. The van der Waals surface area contributed by atoms with Crippen molar-refractivity contribution in [3.05, 3.63) is 63.6 Å². The molecule has 23 heavy (non-hydrogen) atoms. The summed E-state index contributed by atoms with van der Waals surface area (Å²) in [5, 5.41) is 4.06. The van der Waals surface area contributed by atoms with Crippen LogP contribution in [0.1, 0.15) is 30.0 Å². The standard InChI is InChI=1S/C18H17BrN2OS/c1-12(13-5-4-6-14(19)11-13)20-17(22)9-10-18-21-15-7-2-3-8-16(15)23-18/h2-8,11-12H,9-10H2,1H3,(H,20,22). The fraction of sp³-hybridized carbons (Fsp3) is 0.222. The highest BCUT2D eigenvalue weighted by molar-refractivity contribution is 9.10. The Hall–Kier alpha value is -1.72. The van der Waals surface area contributed by atoms with E-state index in [0.29, 0.717) is 12.8 Å². The van der Waals surface area contributed by atoms with Gasteiger partial charge in [-0.05, 0) is 36.8 Å². The minimum absolute atomic E-state index is 0.00429. The Balaban J connectivity index is 1.57. The van der Waals surface area contributed by atoms with E-state index in [1.54, 1.807) is 11.3 Å². The molecule has 0 spiro atoms. The van der Waals surface area contributed by atoms with Crippen LogP contribution in [0.15, 0.2) is 53.0 Å². The number of aromatic nitrogens is 1.